The van der Waals surface area contributed by atoms with Gasteiger partial charge in [0.15, 0.2) is 11.2 Å². The van der Waals surface area contributed by atoms with Crippen LogP contribution >= 0.6 is 0 Å². The molecular weight excluding hydrogens is 167 g/mol. The van der Waals surface area contributed by atoms with E-state index in [4.69, 9.17) is 7.98 Å². The molecule has 2 rings (SSSR count). The minimum atomic E-state index is -0.388. The summed E-state index contributed by atoms with van der Waals surface area (Å²) >= 11 is 0. The van der Waals surface area contributed by atoms with Crippen LogP contribution in [-0.4, -0.2) is 27.4 Å². The van der Waals surface area contributed by atoms with Crippen molar-refractivity contribution in [3.63, 3.8) is 0 Å². The Morgan fingerprint density at radius 2 is 2.23 bits per heavy atom. The Hall–Kier alpha value is -1.72. The molecule has 0 aliphatic heterocycles. The van der Waals surface area contributed by atoms with Crippen LogP contribution in [0.5, 0.6) is 0 Å². The van der Waals surface area contributed by atoms with E-state index in [1.54, 1.807) is 13.1 Å². The van der Waals surface area contributed by atoms with Gasteiger partial charge in [0.1, 0.15) is 0 Å². The second kappa shape index (κ2) is 2.65. The van der Waals surface area contributed by atoms with Crippen molar-refractivity contribution in [3.05, 3.63) is 28.6 Å². The first-order chi connectivity index (χ1) is 6.18. The number of hydrogen-bond donors (Lipinski definition) is 0. The lowest BCUT2D eigenvalue weighted by Gasteiger charge is -1.98. The van der Waals surface area contributed by atoms with Gasteiger partial charge in [-0.2, -0.15) is 0 Å². The Balaban J connectivity index is 2.97. The first-order valence-corrected chi connectivity index (χ1v) is 3.64. The molecular formula is C7H5BN4O. The van der Waals surface area contributed by atoms with Crippen molar-refractivity contribution >= 4 is 19.1 Å². The van der Waals surface area contributed by atoms with E-state index in [0.29, 0.717) is 11.3 Å². The molecule has 6 heteroatoms. The second-order valence-corrected chi connectivity index (χ2v) is 2.64. The summed E-state index contributed by atoms with van der Waals surface area (Å²) in [5, 5.41) is 0. The summed E-state index contributed by atoms with van der Waals surface area (Å²) in [6.45, 7) is 1.75. The molecule has 0 amide bonds. The fraction of sp³-hybridized carbons (Fsp3) is 0.143. The van der Waals surface area contributed by atoms with E-state index >= 15 is 0 Å². The fourth-order valence-electron chi connectivity index (χ4n) is 1.00. The third kappa shape index (κ3) is 1.20. The van der Waals surface area contributed by atoms with Gasteiger partial charge in [-0.25, -0.2) is 15.0 Å². The van der Waals surface area contributed by atoms with Gasteiger partial charge in [-0.05, 0) is 6.92 Å². The van der Waals surface area contributed by atoms with Crippen molar-refractivity contribution in [3.8, 4) is 0 Å². The molecule has 0 aromatic carbocycles. The zero-order chi connectivity index (χ0) is 9.42. The third-order valence-electron chi connectivity index (χ3n) is 1.62. The van der Waals surface area contributed by atoms with E-state index < -0.39 is 0 Å². The minimum absolute atomic E-state index is 0.199. The van der Waals surface area contributed by atoms with Crippen LogP contribution in [0.2, 0.25) is 0 Å². The first-order valence-electron chi connectivity index (χ1n) is 3.64. The molecule has 2 radical (unpaired) electrons. The van der Waals surface area contributed by atoms with Crippen LogP contribution in [0.15, 0.2) is 17.3 Å². The van der Waals surface area contributed by atoms with Crippen molar-refractivity contribution in [1.29, 1.82) is 0 Å². The normalized spacial score (nSPS) is 10.5. The maximum atomic E-state index is 11.4. The molecule has 2 aromatic heterocycles. The average Bonchev–Trinajstić information content (AvgIpc) is 2.12. The number of aryl methyl sites for hydroxylation is 1. The highest BCUT2D eigenvalue weighted by molar-refractivity contribution is 6.06. The lowest BCUT2D eigenvalue weighted by molar-refractivity contribution is 1.03. The summed E-state index contributed by atoms with van der Waals surface area (Å²) in [4.78, 5) is 23.2. The molecule has 5 nitrogen and oxygen atoms in total. The van der Waals surface area contributed by atoms with Gasteiger partial charge in [0, 0.05) is 0 Å². The summed E-state index contributed by atoms with van der Waals surface area (Å²) in [6, 6.07) is 0. The highest BCUT2D eigenvalue weighted by Gasteiger charge is 2.03. The van der Waals surface area contributed by atoms with Crippen LogP contribution in [0.3, 0.4) is 0 Å². The third-order valence-corrected chi connectivity index (χ3v) is 1.62. The number of nitrogens with zero attached hydrogens (tertiary/aromatic N) is 4. The Bertz CT molecular complexity index is 516. The fourth-order valence-corrected chi connectivity index (χ4v) is 1.00. The van der Waals surface area contributed by atoms with Gasteiger partial charge in [0.2, 0.25) is 7.98 Å². The van der Waals surface area contributed by atoms with Gasteiger partial charge in [0.25, 0.3) is 5.56 Å². The van der Waals surface area contributed by atoms with Gasteiger partial charge < -0.3 is 4.48 Å². The summed E-state index contributed by atoms with van der Waals surface area (Å²) in [5.41, 5.74) is 0.793. The molecule has 0 unspecified atom stereocenters. The zero-order valence-electron chi connectivity index (χ0n) is 6.93. The molecule has 0 spiro atoms. The van der Waals surface area contributed by atoms with E-state index in [-0.39, 0.29) is 11.1 Å². The van der Waals surface area contributed by atoms with Crippen molar-refractivity contribution in [2.24, 2.45) is 0 Å². The predicted octanol–water partition coefficient (Wildman–Crippen LogP) is -0.573. The minimum Gasteiger partial charge on any atom is -0.355 e. The Morgan fingerprint density at radius 1 is 1.46 bits per heavy atom. The summed E-state index contributed by atoms with van der Waals surface area (Å²) in [7, 11) is 5.31. The lowest BCUT2D eigenvalue weighted by Crippen LogP contribution is -2.20. The molecule has 0 atom stereocenters. The van der Waals surface area contributed by atoms with Gasteiger partial charge in [-0.3, -0.25) is 4.79 Å². The molecule has 0 aliphatic carbocycles. The van der Waals surface area contributed by atoms with Gasteiger partial charge >= 0.3 is 0 Å². The van der Waals surface area contributed by atoms with Crippen LogP contribution < -0.4 is 5.56 Å². The zero-order valence-corrected chi connectivity index (χ0v) is 6.93. The standard InChI is InChI=1S/C7H5BN4O/c1-4-2-9-6-5(11-4)7(13)12(8)3-10-6/h2-3H,1H3. The largest absolute Gasteiger partial charge is 0.355 e. The summed E-state index contributed by atoms with van der Waals surface area (Å²) in [6.07, 6.45) is 2.77. The Kier molecular flexibility index (Phi) is 1.61. The van der Waals surface area contributed by atoms with E-state index in [2.05, 4.69) is 15.0 Å². The van der Waals surface area contributed by atoms with Crippen LogP contribution in [0, 0.1) is 6.92 Å². The van der Waals surface area contributed by atoms with Crippen molar-refractivity contribution < 1.29 is 0 Å². The topological polar surface area (TPSA) is 60.7 Å². The molecule has 0 bridgehead atoms. The summed E-state index contributed by atoms with van der Waals surface area (Å²) < 4.78 is 0.885. The van der Waals surface area contributed by atoms with Crippen LogP contribution in [0.1, 0.15) is 5.69 Å². The maximum absolute atomic E-state index is 11.4. The highest BCUT2D eigenvalue weighted by atomic mass is 16.1. The number of aromatic nitrogens is 4. The van der Waals surface area contributed by atoms with E-state index in [1.807, 2.05) is 0 Å². The molecule has 0 aliphatic rings. The smallest absolute Gasteiger partial charge is 0.268 e. The maximum Gasteiger partial charge on any atom is 0.268 e. The molecule has 2 aromatic rings. The molecule has 13 heavy (non-hydrogen) atoms. The van der Waals surface area contributed by atoms with Crippen LogP contribution in [0.25, 0.3) is 11.2 Å². The van der Waals surface area contributed by atoms with Crippen molar-refractivity contribution in [1.82, 2.24) is 19.4 Å². The molecule has 62 valence electrons. The van der Waals surface area contributed by atoms with E-state index in [9.17, 15) is 4.79 Å². The molecule has 2 heterocycles. The highest BCUT2D eigenvalue weighted by Crippen LogP contribution is 1.98. The Morgan fingerprint density at radius 3 is 3.00 bits per heavy atom. The second-order valence-electron chi connectivity index (χ2n) is 2.64. The lowest BCUT2D eigenvalue weighted by atomic mass is 10.3. The number of hydrogen-bond acceptors (Lipinski definition) is 4. The average molecular weight is 172 g/mol. The first kappa shape index (κ1) is 7.91. The predicted molar refractivity (Wildman–Crippen MR) is 47.5 cm³/mol. The van der Waals surface area contributed by atoms with Gasteiger partial charge in [0.05, 0.1) is 18.2 Å². The SMILES string of the molecule is [B]n1cnc2ncc(C)nc2c1=O. The van der Waals surface area contributed by atoms with Gasteiger partial charge in [-0.15, -0.1) is 0 Å². The Labute approximate surface area is 74.9 Å². The van der Waals surface area contributed by atoms with E-state index in [1.165, 1.54) is 6.33 Å². The molecule has 0 N–H and O–H groups in total. The molecule has 0 saturated carbocycles. The quantitative estimate of drug-likeness (QED) is 0.499. The van der Waals surface area contributed by atoms with Crippen LogP contribution in [-0.2, 0) is 0 Å². The molecule has 0 saturated heterocycles. The monoisotopic (exact) mass is 172 g/mol. The van der Waals surface area contributed by atoms with E-state index in [0.717, 1.165) is 4.48 Å². The molecule has 0 fully saturated rings. The number of fused-ring (bicyclic) bond motifs is 1. The van der Waals surface area contributed by atoms with Gasteiger partial charge in [-0.1, -0.05) is 0 Å². The summed E-state index contributed by atoms with van der Waals surface area (Å²) in [5.74, 6) is 0. The van der Waals surface area contributed by atoms with Crippen molar-refractivity contribution in [2.45, 2.75) is 6.92 Å². The number of rotatable bonds is 0. The van der Waals surface area contributed by atoms with Crippen LogP contribution in [0.4, 0.5) is 0 Å². The van der Waals surface area contributed by atoms with Crippen molar-refractivity contribution in [2.75, 3.05) is 0 Å².